The van der Waals surface area contributed by atoms with Crippen LogP contribution >= 0.6 is 0 Å². The Morgan fingerprint density at radius 3 is 2.11 bits per heavy atom. The van der Waals surface area contributed by atoms with Crippen LogP contribution in [0.4, 0.5) is 17.1 Å². The molecule has 6 nitrogen and oxygen atoms in total. The second kappa shape index (κ2) is 9.19. The molecule has 2 aromatic carbocycles. The summed E-state index contributed by atoms with van der Waals surface area (Å²) in [5.74, 6) is -0.253. The first-order valence-electron chi connectivity index (χ1n) is 9.18. The zero-order chi connectivity index (χ0) is 19.1. The highest BCUT2D eigenvalue weighted by Crippen LogP contribution is 2.21. The highest BCUT2D eigenvalue weighted by atomic mass is 16.5. The smallest absolute Gasteiger partial charge is 0.338 e. The number of nitrogens with one attached hydrogen (secondary N) is 2. The minimum Gasteiger partial charge on any atom is -0.462 e. The molecule has 2 N–H and O–H groups in total. The normalized spacial score (nSPS) is 14.4. The van der Waals surface area contributed by atoms with Gasteiger partial charge in [0.1, 0.15) is 0 Å². The van der Waals surface area contributed by atoms with E-state index in [-0.39, 0.29) is 17.8 Å². The van der Waals surface area contributed by atoms with Crippen LogP contribution in [0.15, 0.2) is 48.5 Å². The number of carbonyl (C=O) groups excluding carboxylic acids is 2. The molecular formula is C21H24N2O4. The van der Waals surface area contributed by atoms with Gasteiger partial charge in [0.15, 0.2) is 0 Å². The Hall–Kier alpha value is -2.86. The van der Waals surface area contributed by atoms with Crippen LogP contribution in [0.5, 0.6) is 0 Å². The van der Waals surface area contributed by atoms with Crippen LogP contribution in [0.2, 0.25) is 0 Å². The van der Waals surface area contributed by atoms with Gasteiger partial charge in [-0.05, 0) is 68.3 Å². The quantitative estimate of drug-likeness (QED) is 0.755. The van der Waals surface area contributed by atoms with Gasteiger partial charge in [-0.1, -0.05) is 0 Å². The average Bonchev–Trinajstić information content (AvgIpc) is 2.71. The van der Waals surface area contributed by atoms with Crippen molar-refractivity contribution < 1.29 is 19.1 Å². The third-order valence-corrected chi connectivity index (χ3v) is 4.43. The van der Waals surface area contributed by atoms with Crippen molar-refractivity contribution in [2.45, 2.75) is 19.8 Å². The first-order valence-corrected chi connectivity index (χ1v) is 9.18. The third kappa shape index (κ3) is 5.31. The number of hydrogen-bond acceptors (Lipinski definition) is 5. The Balaban J connectivity index is 1.55. The van der Waals surface area contributed by atoms with E-state index in [1.807, 2.05) is 36.4 Å². The minimum absolute atomic E-state index is 0.0227. The van der Waals surface area contributed by atoms with Gasteiger partial charge in [0.2, 0.25) is 5.91 Å². The Bertz CT molecular complexity index is 766. The number of rotatable bonds is 6. The van der Waals surface area contributed by atoms with E-state index in [9.17, 15) is 9.59 Å². The van der Waals surface area contributed by atoms with Gasteiger partial charge in [0.05, 0.1) is 12.2 Å². The molecule has 1 fully saturated rings. The van der Waals surface area contributed by atoms with E-state index < -0.39 is 0 Å². The van der Waals surface area contributed by atoms with Gasteiger partial charge in [-0.25, -0.2) is 4.79 Å². The standard InChI is InChI=1S/C21H24N2O4/c1-2-27-21(25)16-3-5-17(6-4-16)22-18-7-9-19(10-8-18)23-20(24)15-11-13-26-14-12-15/h3-10,15,22H,2,11-14H2,1H3,(H,23,24). The molecule has 0 aliphatic carbocycles. The second-order valence-electron chi connectivity index (χ2n) is 6.38. The predicted octanol–water partition coefficient (Wildman–Crippen LogP) is 3.97. The second-order valence-corrected chi connectivity index (χ2v) is 6.38. The number of amides is 1. The van der Waals surface area contributed by atoms with E-state index in [4.69, 9.17) is 9.47 Å². The highest BCUT2D eigenvalue weighted by Gasteiger charge is 2.21. The fourth-order valence-electron chi connectivity index (χ4n) is 2.91. The van der Waals surface area contributed by atoms with E-state index in [2.05, 4.69) is 10.6 Å². The lowest BCUT2D eigenvalue weighted by atomic mass is 9.99. The van der Waals surface area contributed by atoms with E-state index in [0.29, 0.717) is 25.4 Å². The molecule has 1 heterocycles. The molecule has 1 saturated heterocycles. The van der Waals surface area contributed by atoms with Gasteiger partial charge in [0.25, 0.3) is 0 Å². The van der Waals surface area contributed by atoms with Crippen molar-refractivity contribution in [1.82, 2.24) is 0 Å². The predicted molar refractivity (Wildman–Crippen MR) is 104 cm³/mol. The molecule has 0 spiro atoms. The van der Waals surface area contributed by atoms with Crippen LogP contribution in [-0.2, 0) is 14.3 Å². The fourth-order valence-corrected chi connectivity index (χ4v) is 2.91. The van der Waals surface area contributed by atoms with Crippen LogP contribution in [0, 0.1) is 5.92 Å². The molecule has 3 rings (SSSR count). The maximum absolute atomic E-state index is 12.3. The van der Waals surface area contributed by atoms with E-state index in [1.165, 1.54) is 0 Å². The van der Waals surface area contributed by atoms with Crippen molar-refractivity contribution in [3.05, 3.63) is 54.1 Å². The Morgan fingerprint density at radius 1 is 0.963 bits per heavy atom. The van der Waals surface area contributed by atoms with E-state index >= 15 is 0 Å². The maximum Gasteiger partial charge on any atom is 0.338 e. The van der Waals surface area contributed by atoms with Crippen LogP contribution in [0.3, 0.4) is 0 Å². The van der Waals surface area contributed by atoms with Crippen LogP contribution in [0.1, 0.15) is 30.1 Å². The zero-order valence-corrected chi connectivity index (χ0v) is 15.4. The van der Waals surface area contributed by atoms with Gasteiger partial charge < -0.3 is 20.1 Å². The molecule has 0 atom stereocenters. The molecule has 0 aromatic heterocycles. The monoisotopic (exact) mass is 368 g/mol. The minimum atomic E-state index is -0.325. The first-order chi connectivity index (χ1) is 13.2. The molecule has 1 amide bonds. The zero-order valence-electron chi connectivity index (χ0n) is 15.4. The number of esters is 1. The lowest BCUT2D eigenvalue weighted by Crippen LogP contribution is -2.28. The molecule has 142 valence electrons. The Morgan fingerprint density at radius 2 is 1.52 bits per heavy atom. The van der Waals surface area contributed by atoms with Crippen LogP contribution in [-0.4, -0.2) is 31.7 Å². The lowest BCUT2D eigenvalue weighted by molar-refractivity contribution is -0.122. The number of carbonyl (C=O) groups is 2. The van der Waals surface area contributed by atoms with Crippen molar-refractivity contribution >= 4 is 28.9 Å². The molecular weight excluding hydrogens is 344 g/mol. The summed E-state index contributed by atoms with van der Waals surface area (Å²) in [6.45, 7) is 3.44. The summed E-state index contributed by atoms with van der Waals surface area (Å²) in [7, 11) is 0. The first kappa shape index (κ1) is 18.9. The van der Waals surface area contributed by atoms with Gasteiger partial charge in [0, 0.05) is 36.2 Å². The number of hydrogen-bond donors (Lipinski definition) is 2. The Kier molecular flexibility index (Phi) is 6.44. The third-order valence-electron chi connectivity index (χ3n) is 4.43. The Labute approximate surface area is 158 Å². The van der Waals surface area contributed by atoms with Crippen molar-refractivity contribution in [3.8, 4) is 0 Å². The molecule has 27 heavy (non-hydrogen) atoms. The molecule has 2 aromatic rings. The van der Waals surface area contributed by atoms with Crippen molar-refractivity contribution in [3.63, 3.8) is 0 Å². The van der Waals surface area contributed by atoms with Crippen molar-refractivity contribution in [1.29, 1.82) is 0 Å². The summed E-state index contributed by atoms with van der Waals surface area (Å²) < 4.78 is 10.3. The van der Waals surface area contributed by atoms with E-state index in [0.717, 1.165) is 29.9 Å². The van der Waals surface area contributed by atoms with Gasteiger partial charge in [-0.2, -0.15) is 0 Å². The molecule has 0 radical (unpaired) electrons. The molecule has 6 heteroatoms. The molecule has 1 aliphatic rings. The summed E-state index contributed by atoms with van der Waals surface area (Å²) in [6.07, 6.45) is 1.54. The number of anilines is 3. The average molecular weight is 368 g/mol. The van der Waals surface area contributed by atoms with Gasteiger partial charge in [-0.15, -0.1) is 0 Å². The molecule has 0 saturated carbocycles. The van der Waals surface area contributed by atoms with E-state index in [1.54, 1.807) is 19.1 Å². The topological polar surface area (TPSA) is 76.7 Å². The summed E-state index contributed by atoms with van der Waals surface area (Å²) in [5, 5.41) is 6.23. The largest absolute Gasteiger partial charge is 0.462 e. The van der Waals surface area contributed by atoms with Crippen molar-refractivity contribution in [2.24, 2.45) is 5.92 Å². The molecule has 0 bridgehead atoms. The summed E-state index contributed by atoms with van der Waals surface area (Å²) >= 11 is 0. The lowest BCUT2D eigenvalue weighted by Gasteiger charge is -2.21. The highest BCUT2D eigenvalue weighted by molar-refractivity contribution is 5.93. The summed E-state index contributed by atoms with van der Waals surface area (Å²) in [6, 6.07) is 14.6. The fraction of sp³-hybridized carbons (Fsp3) is 0.333. The van der Waals surface area contributed by atoms with Gasteiger partial charge in [-0.3, -0.25) is 4.79 Å². The molecule has 1 aliphatic heterocycles. The van der Waals surface area contributed by atoms with Gasteiger partial charge >= 0.3 is 5.97 Å². The van der Waals surface area contributed by atoms with Crippen molar-refractivity contribution in [2.75, 3.05) is 30.5 Å². The number of benzene rings is 2. The van der Waals surface area contributed by atoms with Crippen LogP contribution in [0.25, 0.3) is 0 Å². The molecule has 0 unspecified atom stereocenters. The summed E-state index contributed by atoms with van der Waals surface area (Å²) in [4.78, 5) is 23.9. The summed E-state index contributed by atoms with van der Waals surface area (Å²) in [5.41, 5.74) is 3.05. The van der Waals surface area contributed by atoms with Crippen LogP contribution < -0.4 is 10.6 Å². The maximum atomic E-state index is 12.3. The SMILES string of the molecule is CCOC(=O)c1ccc(Nc2ccc(NC(=O)C3CCOCC3)cc2)cc1. The number of ether oxygens (including phenoxy) is 2.